The van der Waals surface area contributed by atoms with Crippen molar-refractivity contribution in [1.82, 2.24) is 0 Å². The highest BCUT2D eigenvalue weighted by Crippen LogP contribution is 2.29. The van der Waals surface area contributed by atoms with Crippen LogP contribution in [0.5, 0.6) is 5.75 Å². The number of benzene rings is 2. The third-order valence-corrected chi connectivity index (χ3v) is 5.00. The van der Waals surface area contributed by atoms with Crippen molar-refractivity contribution in [1.29, 1.82) is 0 Å². The van der Waals surface area contributed by atoms with Crippen LogP contribution < -0.4 is 14.8 Å². The number of methoxy groups -OCH3 is 1. The lowest BCUT2D eigenvalue weighted by Crippen LogP contribution is -2.16. The summed E-state index contributed by atoms with van der Waals surface area (Å²) in [5.74, 6) is -0.398. The summed E-state index contributed by atoms with van der Waals surface area (Å²) in [6, 6.07) is 10.9. The van der Waals surface area contributed by atoms with E-state index in [0.717, 1.165) is 0 Å². The lowest BCUT2D eigenvalue weighted by atomic mass is 10.1. The molecule has 0 saturated carbocycles. The molecule has 0 spiro atoms. The number of amides is 1. The number of sulfonamides is 1. The lowest BCUT2D eigenvalue weighted by molar-refractivity contribution is -0.116. The first kappa shape index (κ1) is 19.7. The smallest absolute Gasteiger partial charge is 0.232 e. The molecule has 8 heteroatoms. The average Bonchev–Trinajstić information content (AvgIpc) is 2.62. The van der Waals surface area contributed by atoms with E-state index in [2.05, 4.69) is 10.0 Å². The van der Waals surface area contributed by atoms with Gasteiger partial charge in [-0.3, -0.25) is 9.52 Å². The van der Waals surface area contributed by atoms with Crippen LogP contribution in [0.2, 0.25) is 0 Å². The first-order valence-corrected chi connectivity index (χ1v) is 9.71. The van der Waals surface area contributed by atoms with E-state index in [1.807, 2.05) is 0 Å². The number of anilines is 2. The zero-order valence-corrected chi connectivity index (χ0v) is 15.4. The van der Waals surface area contributed by atoms with Crippen LogP contribution in [0.1, 0.15) is 18.9 Å². The van der Waals surface area contributed by atoms with Crippen LogP contribution in [0, 0.1) is 5.82 Å². The minimum atomic E-state index is -3.44. The van der Waals surface area contributed by atoms with Crippen LogP contribution in [0.25, 0.3) is 0 Å². The summed E-state index contributed by atoms with van der Waals surface area (Å²) in [6.45, 7) is 1.53. The fourth-order valence-electron chi connectivity index (χ4n) is 2.27. The SMILES string of the molecule is CCS(=O)(=O)Nc1ccc(NC(=O)CCc2ccccc2F)cc1OC. The number of rotatable bonds is 8. The lowest BCUT2D eigenvalue weighted by Gasteiger charge is -2.13. The van der Waals surface area contributed by atoms with E-state index in [4.69, 9.17) is 4.74 Å². The van der Waals surface area contributed by atoms with Gasteiger partial charge in [-0.15, -0.1) is 0 Å². The fourth-order valence-corrected chi connectivity index (χ4v) is 2.91. The second-order valence-electron chi connectivity index (χ2n) is 5.56. The molecule has 0 aromatic heterocycles. The van der Waals surface area contributed by atoms with E-state index in [0.29, 0.717) is 16.9 Å². The van der Waals surface area contributed by atoms with Crippen molar-refractivity contribution in [2.45, 2.75) is 19.8 Å². The number of hydrogen-bond acceptors (Lipinski definition) is 4. The number of nitrogens with one attached hydrogen (secondary N) is 2. The molecule has 0 aliphatic heterocycles. The standard InChI is InChI=1S/C18H21FN2O4S/c1-3-26(23,24)21-16-10-9-14(12-17(16)25-2)20-18(22)11-8-13-6-4-5-7-15(13)19/h4-7,9-10,12,21H,3,8,11H2,1-2H3,(H,20,22). The van der Waals surface area contributed by atoms with Crippen molar-refractivity contribution in [2.75, 3.05) is 22.9 Å². The number of carbonyl (C=O) groups excluding carboxylic acids is 1. The van der Waals surface area contributed by atoms with E-state index in [-0.39, 0.29) is 36.1 Å². The summed E-state index contributed by atoms with van der Waals surface area (Å²) in [7, 11) is -2.03. The van der Waals surface area contributed by atoms with Gasteiger partial charge in [0.25, 0.3) is 0 Å². The van der Waals surface area contributed by atoms with Crippen molar-refractivity contribution < 1.29 is 22.3 Å². The van der Waals surface area contributed by atoms with Crippen molar-refractivity contribution in [3.8, 4) is 5.75 Å². The Labute approximate surface area is 152 Å². The van der Waals surface area contributed by atoms with Crippen LogP contribution in [0.3, 0.4) is 0 Å². The summed E-state index contributed by atoms with van der Waals surface area (Å²) >= 11 is 0. The van der Waals surface area contributed by atoms with Gasteiger partial charge in [-0.2, -0.15) is 0 Å². The van der Waals surface area contributed by atoms with Gasteiger partial charge in [0.05, 0.1) is 18.6 Å². The van der Waals surface area contributed by atoms with Gasteiger partial charge in [-0.1, -0.05) is 18.2 Å². The Morgan fingerprint density at radius 3 is 2.58 bits per heavy atom. The van der Waals surface area contributed by atoms with Crippen molar-refractivity contribution >= 4 is 27.3 Å². The maximum Gasteiger partial charge on any atom is 0.232 e. The Bertz CT molecular complexity index is 885. The molecule has 0 unspecified atom stereocenters. The second-order valence-corrected chi connectivity index (χ2v) is 7.57. The van der Waals surface area contributed by atoms with E-state index in [1.165, 1.54) is 32.2 Å². The monoisotopic (exact) mass is 380 g/mol. The molecule has 0 bridgehead atoms. The van der Waals surface area contributed by atoms with Crippen LogP contribution in [0.4, 0.5) is 15.8 Å². The summed E-state index contributed by atoms with van der Waals surface area (Å²) in [6.07, 6.45) is 0.400. The van der Waals surface area contributed by atoms with E-state index in [1.54, 1.807) is 24.3 Å². The fraction of sp³-hybridized carbons (Fsp3) is 0.278. The Balaban J connectivity index is 2.03. The first-order chi connectivity index (χ1) is 12.3. The number of hydrogen-bond donors (Lipinski definition) is 2. The first-order valence-electron chi connectivity index (χ1n) is 8.06. The number of carbonyl (C=O) groups is 1. The Hall–Kier alpha value is -2.61. The predicted molar refractivity (Wildman–Crippen MR) is 99.4 cm³/mol. The summed E-state index contributed by atoms with van der Waals surface area (Å²) < 4.78 is 44.5. The third-order valence-electron chi connectivity index (χ3n) is 3.71. The highest BCUT2D eigenvalue weighted by Gasteiger charge is 2.13. The Morgan fingerprint density at radius 1 is 1.19 bits per heavy atom. The van der Waals surface area contributed by atoms with Gasteiger partial charge in [-0.25, -0.2) is 12.8 Å². The third kappa shape index (κ3) is 5.45. The van der Waals surface area contributed by atoms with Gasteiger partial charge >= 0.3 is 0 Å². The summed E-state index contributed by atoms with van der Waals surface area (Å²) in [5, 5.41) is 2.69. The molecule has 2 aromatic carbocycles. The molecule has 0 radical (unpaired) electrons. The van der Waals surface area contributed by atoms with Crippen LogP contribution in [-0.2, 0) is 21.2 Å². The molecular formula is C18H21FN2O4S. The molecule has 2 rings (SSSR count). The minimum Gasteiger partial charge on any atom is -0.494 e. The van der Waals surface area contributed by atoms with Gasteiger partial charge in [0.1, 0.15) is 11.6 Å². The maximum atomic E-state index is 13.6. The number of halogens is 1. The molecule has 140 valence electrons. The number of aryl methyl sites for hydroxylation is 1. The molecule has 0 saturated heterocycles. The highest BCUT2D eigenvalue weighted by molar-refractivity contribution is 7.92. The zero-order valence-electron chi connectivity index (χ0n) is 14.6. The van der Waals surface area contributed by atoms with Crippen LogP contribution in [-0.4, -0.2) is 27.2 Å². The molecule has 1 amide bonds. The van der Waals surface area contributed by atoms with Gasteiger partial charge in [-0.05, 0) is 37.1 Å². The normalized spacial score (nSPS) is 11.0. The molecule has 0 heterocycles. The largest absolute Gasteiger partial charge is 0.494 e. The summed E-state index contributed by atoms with van der Waals surface area (Å²) in [5.41, 5.74) is 1.23. The van der Waals surface area contributed by atoms with Gasteiger partial charge in [0.15, 0.2) is 0 Å². The molecule has 0 aliphatic rings. The molecule has 0 atom stereocenters. The van der Waals surface area contributed by atoms with Crippen LogP contribution in [0.15, 0.2) is 42.5 Å². The Morgan fingerprint density at radius 2 is 1.92 bits per heavy atom. The van der Waals surface area contributed by atoms with Gasteiger partial charge in [0, 0.05) is 18.2 Å². The average molecular weight is 380 g/mol. The summed E-state index contributed by atoms with van der Waals surface area (Å²) in [4.78, 5) is 12.1. The molecule has 2 N–H and O–H groups in total. The number of ether oxygens (including phenoxy) is 1. The molecule has 0 aliphatic carbocycles. The van der Waals surface area contributed by atoms with E-state index >= 15 is 0 Å². The molecule has 26 heavy (non-hydrogen) atoms. The van der Waals surface area contributed by atoms with Gasteiger partial charge < -0.3 is 10.1 Å². The predicted octanol–water partition coefficient (Wildman–Crippen LogP) is 3.17. The van der Waals surface area contributed by atoms with E-state index in [9.17, 15) is 17.6 Å². The molecular weight excluding hydrogens is 359 g/mol. The quantitative estimate of drug-likeness (QED) is 0.737. The van der Waals surface area contributed by atoms with Crippen molar-refractivity contribution in [3.05, 3.63) is 53.8 Å². The Kier molecular flexibility index (Phi) is 6.57. The minimum absolute atomic E-state index is 0.0648. The topological polar surface area (TPSA) is 84.5 Å². The second kappa shape index (κ2) is 8.66. The zero-order chi connectivity index (χ0) is 19.2. The van der Waals surface area contributed by atoms with E-state index < -0.39 is 10.0 Å². The van der Waals surface area contributed by atoms with Gasteiger partial charge in [0.2, 0.25) is 15.9 Å². The maximum absolute atomic E-state index is 13.6. The highest BCUT2D eigenvalue weighted by atomic mass is 32.2. The molecule has 0 fully saturated rings. The molecule has 6 nitrogen and oxygen atoms in total. The van der Waals surface area contributed by atoms with Crippen molar-refractivity contribution in [2.24, 2.45) is 0 Å². The van der Waals surface area contributed by atoms with Crippen LogP contribution >= 0.6 is 0 Å². The molecule has 2 aromatic rings. The van der Waals surface area contributed by atoms with Crippen molar-refractivity contribution in [3.63, 3.8) is 0 Å².